The summed E-state index contributed by atoms with van der Waals surface area (Å²) in [5.41, 5.74) is 3.46. The van der Waals surface area contributed by atoms with Crippen LogP contribution in [0.4, 0.5) is 5.69 Å². The van der Waals surface area contributed by atoms with Gasteiger partial charge in [-0.3, -0.25) is 4.98 Å². The number of hydrogen-bond acceptors (Lipinski definition) is 3. The first-order valence-corrected chi connectivity index (χ1v) is 6.37. The summed E-state index contributed by atoms with van der Waals surface area (Å²) >= 11 is 0. The summed E-state index contributed by atoms with van der Waals surface area (Å²) in [6.45, 7) is 3.55. The predicted octanol–water partition coefficient (Wildman–Crippen LogP) is 3.31. The quantitative estimate of drug-likeness (QED) is 0.818. The van der Waals surface area contributed by atoms with Crippen LogP contribution in [0.5, 0.6) is 0 Å². The summed E-state index contributed by atoms with van der Waals surface area (Å²) in [7, 11) is 0. The topological polar surface area (TPSA) is 39.9 Å². The lowest BCUT2D eigenvalue weighted by Crippen LogP contribution is -2.23. The summed E-state index contributed by atoms with van der Waals surface area (Å²) in [6.07, 6.45) is 4.26. The molecule has 0 bridgehead atoms. The van der Waals surface area contributed by atoms with Crippen LogP contribution in [0.2, 0.25) is 0 Å². The van der Waals surface area contributed by atoms with E-state index in [0.717, 1.165) is 24.3 Å². The monoisotopic (exact) mass is 251 g/mol. The molecule has 1 heterocycles. The Morgan fingerprint density at radius 1 is 1.21 bits per heavy atom. The Morgan fingerprint density at radius 2 is 2.00 bits per heavy atom. The van der Waals surface area contributed by atoms with Crippen LogP contribution >= 0.6 is 0 Å². The minimum absolute atomic E-state index is 0.522. The SMILES string of the molecule is Cc1cncc(CN(CCC#N)c2ccccc2)c1. The molecule has 96 valence electrons. The zero-order valence-corrected chi connectivity index (χ0v) is 11.1. The second kappa shape index (κ2) is 6.55. The van der Waals surface area contributed by atoms with Crippen LogP contribution in [0.3, 0.4) is 0 Å². The van der Waals surface area contributed by atoms with Crippen molar-refractivity contribution in [3.05, 3.63) is 59.9 Å². The first-order valence-electron chi connectivity index (χ1n) is 6.37. The predicted molar refractivity (Wildman–Crippen MR) is 76.7 cm³/mol. The van der Waals surface area contributed by atoms with E-state index in [1.807, 2.05) is 37.5 Å². The number of hydrogen-bond donors (Lipinski definition) is 0. The fourth-order valence-corrected chi connectivity index (χ4v) is 2.05. The van der Waals surface area contributed by atoms with Gasteiger partial charge >= 0.3 is 0 Å². The summed E-state index contributed by atoms with van der Waals surface area (Å²) in [4.78, 5) is 6.43. The molecule has 0 saturated carbocycles. The number of aromatic nitrogens is 1. The lowest BCUT2D eigenvalue weighted by molar-refractivity contribution is 0.794. The number of nitrogens with zero attached hydrogens (tertiary/aromatic N) is 3. The van der Waals surface area contributed by atoms with Crippen molar-refractivity contribution < 1.29 is 0 Å². The van der Waals surface area contributed by atoms with Crippen LogP contribution in [0.15, 0.2) is 48.8 Å². The van der Waals surface area contributed by atoms with Gasteiger partial charge in [0.05, 0.1) is 12.5 Å². The van der Waals surface area contributed by atoms with E-state index < -0.39 is 0 Å². The van der Waals surface area contributed by atoms with Crippen LogP contribution < -0.4 is 4.90 Å². The van der Waals surface area contributed by atoms with Gasteiger partial charge in [0.2, 0.25) is 0 Å². The number of pyridine rings is 1. The number of anilines is 1. The number of benzene rings is 1. The number of aryl methyl sites for hydroxylation is 1. The average molecular weight is 251 g/mol. The third-order valence-corrected chi connectivity index (χ3v) is 2.92. The van der Waals surface area contributed by atoms with Crippen molar-refractivity contribution in [3.8, 4) is 6.07 Å². The zero-order valence-electron chi connectivity index (χ0n) is 11.1. The molecular formula is C16H17N3. The van der Waals surface area contributed by atoms with Crippen molar-refractivity contribution >= 4 is 5.69 Å². The maximum Gasteiger partial charge on any atom is 0.0640 e. The Kier molecular flexibility index (Phi) is 4.52. The van der Waals surface area contributed by atoms with Crippen molar-refractivity contribution in [1.82, 2.24) is 4.98 Å². The molecule has 0 radical (unpaired) electrons. The molecule has 2 aromatic rings. The van der Waals surface area contributed by atoms with Gasteiger partial charge in [0.1, 0.15) is 0 Å². The van der Waals surface area contributed by atoms with Gasteiger partial charge in [-0.2, -0.15) is 5.26 Å². The standard InChI is InChI=1S/C16H17N3/c1-14-10-15(12-18-11-14)13-19(9-5-8-17)16-6-3-2-4-7-16/h2-4,6-7,10-12H,5,9,13H2,1H3. The zero-order chi connectivity index (χ0) is 13.5. The molecule has 0 unspecified atom stereocenters. The Balaban J connectivity index is 2.17. The van der Waals surface area contributed by atoms with Crippen LogP contribution in [-0.4, -0.2) is 11.5 Å². The molecule has 2 rings (SSSR count). The van der Waals surface area contributed by atoms with Crippen molar-refractivity contribution in [1.29, 1.82) is 5.26 Å². The molecule has 3 nitrogen and oxygen atoms in total. The Hall–Kier alpha value is -2.34. The Labute approximate surface area is 114 Å². The fourth-order valence-electron chi connectivity index (χ4n) is 2.05. The minimum atomic E-state index is 0.522. The highest BCUT2D eigenvalue weighted by atomic mass is 15.1. The van der Waals surface area contributed by atoms with E-state index in [9.17, 15) is 0 Å². The third kappa shape index (κ3) is 3.82. The highest BCUT2D eigenvalue weighted by Gasteiger charge is 2.07. The van der Waals surface area contributed by atoms with Gasteiger partial charge in [0.15, 0.2) is 0 Å². The maximum atomic E-state index is 8.78. The summed E-state index contributed by atoms with van der Waals surface area (Å²) in [5, 5.41) is 8.78. The van der Waals surface area contributed by atoms with Crippen LogP contribution in [0.25, 0.3) is 0 Å². The lowest BCUT2D eigenvalue weighted by atomic mass is 10.2. The summed E-state index contributed by atoms with van der Waals surface area (Å²) < 4.78 is 0. The van der Waals surface area contributed by atoms with E-state index in [1.54, 1.807) is 0 Å². The van der Waals surface area contributed by atoms with Gasteiger partial charge in [-0.05, 0) is 30.2 Å². The van der Waals surface area contributed by atoms with Gasteiger partial charge in [0, 0.05) is 31.2 Å². The number of para-hydroxylation sites is 1. The van der Waals surface area contributed by atoms with Crippen LogP contribution in [-0.2, 0) is 6.54 Å². The third-order valence-electron chi connectivity index (χ3n) is 2.92. The molecule has 0 amide bonds. The second-order valence-corrected chi connectivity index (χ2v) is 4.54. The molecule has 3 heteroatoms. The molecule has 0 aliphatic carbocycles. The summed E-state index contributed by atoms with van der Waals surface area (Å²) in [6, 6.07) is 14.5. The second-order valence-electron chi connectivity index (χ2n) is 4.54. The first-order chi connectivity index (χ1) is 9.29. The highest BCUT2D eigenvalue weighted by Crippen LogP contribution is 2.17. The molecule has 0 atom stereocenters. The van der Waals surface area contributed by atoms with Gasteiger partial charge < -0.3 is 4.90 Å². The van der Waals surface area contributed by atoms with E-state index in [4.69, 9.17) is 5.26 Å². The molecule has 0 fully saturated rings. The van der Waals surface area contributed by atoms with Crippen molar-refractivity contribution in [2.45, 2.75) is 19.9 Å². The van der Waals surface area contributed by atoms with E-state index in [0.29, 0.717) is 6.42 Å². The number of rotatable bonds is 5. The summed E-state index contributed by atoms with van der Waals surface area (Å²) in [5.74, 6) is 0. The van der Waals surface area contributed by atoms with E-state index >= 15 is 0 Å². The molecule has 0 spiro atoms. The molecule has 19 heavy (non-hydrogen) atoms. The molecule has 0 saturated heterocycles. The molecule has 0 aliphatic rings. The lowest BCUT2D eigenvalue weighted by Gasteiger charge is -2.24. The van der Waals surface area contributed by atoms with E-state index in [-0.39, 0.29) is 0 Å². The Morgan fingerprint density at radius 3 is 2.68 bits per heavy atom. The fraction of sp³-hybridized carbons (Fsp3) is 0.250. The van der Waals surface area contributed by atoms with E-state index in [1.165, 1.54) is 5.56 Å². The molecule has 1 aromatic carbocycles. The van der Waals surface area contributed by atoms with Crippen LogP contribution in [0, 0.1) is 18.3 Å². The highest BCUT2D eigenvalue weighted by molar-refractivity contribution is 5.46. The van der Waals surface area contributed by atoms with Crippen molar-refractivity contribution in [2.75, 3.05) is 11.4 Å². The largest absolute Gasteiger partial charge is 0.366 e. The number of nitriles is 1. The van der Waals surface area contributed by atoms with Crippen molar-refractivity contribution in [3.63, 3.8) is 0 Å². The average Bonchev–Trinajstić information content (AvgIpc) is 2.44. The van der Waals surface area contributed by atoms with Crippen molar-refractivity contribution in [2.24, 2.45) is 0 Å². The molecule has 0 N–H and O–H groups in total. The Bertz CT molecular complexity index is 558. The normalized spacial score (nSPS) is 9.89. The van der Waals surface area contributed by atoms with Crippen LogP contribution in [0.1, 0.15) is 17.5 Å². The molecule has 1 aromatic heterocycles. The minimum Gasteiger partial charge on any atom is -0.366 e. The van der Waals surface area contributed by atoms with Gasteiger partial charge in [-0.25, -0.2) is 0 Å². The van der Waals surface area contributed by atoms with Gasteiger partial charge in [-0.1, -0.05) is 24.3 Å². The van der Waals surface area contributed by atoms with E-state index in [2.05, 4.69) is 34.2 Å². The molecular weight excluding hydrogens is 234 g/mol. The smallest absolute Gasteiger partial charge is 0.0640 e. The van der Waals surface area contributed by atoms with Gasteiger partial charge in [-0.15, -0.1) is 0 Å². The first kappa shape index (κ1) is 13.1. The maximum absolute atomic E-state index is 8.78. The molecule has 0 aliphatic heterocycles. The van der Waals surface area contributed by atoms with Gasteiger partial charge in [0.25, 0.3) is 0 Å².